The molecule has 2 bridgehead atoms. The Kier molecular flexibility index (Phi) is 5.19. The lowest BCUT2D eigenvalue weighted by molar-refractivity contribution is -0.0914. The van der Waals surface area contributed by atoms with Crippen LogP contribution in [0, 0.1) is 11.8 Å². The van der Waals surface area contributed by atoms with E-state index in [9.17, 15) is 9.90 Å². The molecule has 3 aromatic carbocycles. The van der Waals surface area contributed by atoms with Gasteiger partial charge in [0, 0.05) is 62.2 Å². The standard InChI is InChI=1S/C27H31N3O2/c1-29(2)25-13-10-19(23-8-3-4-9-24(23)25)15-30-16-21-11-12-22(17-30)27(21,32)20-7-5-6-18(14-20)26(28)31/h3-10,13-14,21-22,32H,11-12,15-17H2,1-2H3,(H2,28,31). The van der Waals surface area contributed by atoms with Crippen LogP contribution in [0.5, 0.6) is 0 Å². The number of benzene rings is 3. The number of likely N-dealkylation sites (tertiary alicyclic amines) is 1. The summed E-state index contributed by atoms with van der Waals surface area (Å²) in [7, 11) is 4.16. The summed E-state index contributed by atoms with van der Waals surface area (Å²) in [6, 6.07) is 20.3. The van der Waals surface area contributed by atoms with Crippen LogP contribution < -0.4 is 10.6 Å². The van der Waals surface area contributed by atoms with E-state index in [4.69, 9.17) is 5.73 Å². The molecule has 1 heterocycles. The first kappa shape index (κ1) is 21.0. The zero-order valence-electron chi connectivity index (χ0n) is 18.8. The van der Waals surface area contributed by atoms with Gasteiger partial charge in [-0.1, -0.05) is 42.5 Å². The SMILES string of the molecule is CN(C)c1ccc(CN2CC3CCC(C2)C3(O)c2cccc(C(N)=O)c2)c2ccccc12. The molecule has 3 N–H and O–H groups in total. The van der Waals surface area contributed by atoms with Crippen LogP contribution in [0.3, 0.4) is 0 Å². The average molecular weight is 430 g/mol. The van der Waals surface area contributed by atoms with E-state index in [0.717, 1.165) is 38.0 Å². The van der Waals surface area contributed by atoms with Gasteiger partial charge in [0.15, 0.2) is 0 Å². The summed E-state index contributed by atoms with van der Waals surface area (Å²) in [6.07, 6.45) is 2.00. The number of carbonyl (C=O) groups is 1. The van der Waals surface area contributed by atoms with Crippen LogP contribution in [0.2, 0.25) is 0 Å². The molecule has 5 rings (SSSR count). The maximum Gasteiger partial charge on any atom is 0.248 e. The summed E-state index contributed by atoms with van der Waals surface area (Å²) in [6.45, 7) is 2.56. The Balaban J connectivity index is 1.42. The lowest BCUT2D eigenvalue weighted by atomic mass is 9.74. The molecule has 32 heavy (non-hydrogen) atoms. The normalized spacial score (nSPS) is 25.2. The van der Waals surface area contributed by atoms with Crippen LogP contribution in [0.4, 0.5) is 5.69 Å². The third-order valence-electron chi connectivity index (χ3n) is 7.54. The lowest BCUT2D eigenvalue weighted by Gasteiger charge is -2.45. The first-order valence-electron chi connectivity index (χ1n) is 11.4. The second-order valence-corrected chi connectivity index (χ2v) is 9.62. The number of hydrogen-bond acceptors (Lipinski definition) is 4. The number of nitrogens with two attached hydrogens (primary N) is 1. The molecule has 1 saturated carbocycles. The Morgan fingerprint density at radius 2 is 1.72 bits per heavy atom. The Bertz CT molecular complexity index is 1160. The molecule has 3 aromatic rings. The fourth-order valence-electron chi connectivity index (χ4n) is 5.97. The smallest absolute Gasteiger partial charge is 0.248 e. The van der Waals surface area contributed by atoms with E-state index in [-0.39, 0.29) is 11.8 Å². The number of carbonyl (C=O) groups excluding carboxylic acids is 1. The van der Waals surface area contributed by atoms with Gasteiger partial charge in [0.05, 0.1) is 5.60 Å². The molecule has 2 aliphatic rings. The van der Waals surface area contributed by atoms with Crippen molar-refractivity contribution in [2.45, 2.75) is 25.0 Å². The number of rotatable bonds is 5. The number of nitrogens with zero attached hydrogens (tertiary/aromatic N) is 2. The van der Waals surface area contributed by atoms with Crippen molar-refractivity contribution in [2.24, 2.45) is 17.6 Å². The van der Waals surface area contributed by atoms with Crippen molar-refractivity contribution >= 4 is 22.4 Å². The predicted molar refractivity (Wildman–Crippen MR) is 129 cm³/mol. The molecule has 2 fully saturated rings. The van der Waals surface area contributed by atoms with E-state index < -0.39 is 11.5 Å². The van der Waals surface area contributed by atoms with E-state index in [2.05, 4.69) is 60.3 Å². The molecule has 0 aromatic heterocycles. The second kappa shape index (κ2) is 7.91. The Labute approximate surface area is 189 Å². The number of primary amides is 1. The number of hydrogen-bond donors (Lipinski definition) is 2. The average Bonchev–Trinajstić information content (AvgIpc) is 2.96. The van der Waals surface area contributed by atoms with Gasteiger partial charge in [-0.15, -0.1) is 0 Å². The van der Waals surface area contributed by atoms with Crippen LogP contribution in [0.25, 0.3) is 10.8 Å². The topological polar surface area (TPSA) is 69.8 Å². The lowest BCUT2D eigenvalue weighted by Crippen LogP contribution is -2.51. The molecule has 5 heteroatoms. The van der Waals surface area contributed by atoms with Crippen LogP contribution in [-0.4, -0.2) is 43.1 Å². The van der Waals surface area contributed by atoms with E-state index in [1.54, 1.807) is 12.1 Å². The summed E-state index contributed by atoms with van der Waals surface area (Å²) in [4.78, 5) is 16.3. The van der Waals surface area contributed by atoms with Gasteiger partial charge >= 0.3 is 0 Å². The highest BCUT2D eigenvalue weighted by Crippen LogP contribution is 2.51. The van der Waals surface area contributed by atoms with Gasteiger partial charge in [-0.05, 0) is 47.6 Å². The highest BCUT2D eigenvalue weighted by molar-refractivity contribution is 5.96. The molecule has 2 unspecified atom stereocenters. The first-order chi connectivity index (χ1) is 15.4. The van der Waals surface area contributed by atoms with E-state index in [0.29, 0.717) is 5.56 Å². The minimum Gasteiger partial charge on any atom is -0.384 e. The molecule has 2 atom stereocenters. The van der Waals surface area contributed by atoms with E-state index in [1.165, 1.54) is 22.0 Å². The van der Waals surface area contributed by atoms with Crippen molar-refractivity contribution in [1.82, 2.24) is 4.90 Å². The summed E-state index contributed by atoms with van der Waals surface area (Å²) < 4.78 is 0. The summed E-state index contributed by atoms with van der Waals surface area (Å²) in [5, 5.41) is 14.4. The minimum absolute atomic E-state index is 0.150. The van der Waals surface area contributed by atoms with Crippen LogP contribution in [-0.2, 0) is 12.1 Å². The van der Waals surface area contributed by atoms with Gasteiger partial charge in [-0.3, -0.25) is 9.69 Å². The largest absolute Gasteiger partial charge is 0.384 e. The number of aliphatic hydroxyl groups is 1. The van der Waals surface area contributed by atoms with E-state index >= 15 is 0 Å². The zero-order chi connectivity index (χ0) is 22.5. The highest BCUT2D eigenvalue weighted by Gasteiger charge is 2.53. The predicted octanol–water partition coefficient (Wildman–Crippen LogP) is 3.73. The van der Waals surface area contributed by atoms with Crippen LogP contribution >= 0.6 is 0 Å². The molecule has 1 aliphatic carbocycles. The molecule has 0 radical (unpaired) electrons. The minimum atomic E-state index is -0.890. The van der Waals surface area contributed by atoms with Gasteiger partial charge in [0.2, 0.25) is 5.91 Å². The summed E-state index contributed by atoms with van der Waals surface area (Å²) in [5.41, 5.74) is 8.45. The fraction of sp³-hybridized carbons (Fsp3) is 0.370. The van der Waals surface area contributed by atoms with Gasteiger partial charge in [-0.2, -0.15) is 0 Å². The number of amides is 1. The number of fused-ring (bicyclic) bond motifs is 3. The molecular formula is C27H31N3O2. The highest BCUT2D eigenvalue weighted by atomic mass is 16.3. The van der Waals surface area contributed by atoms with Gasteiger partial charge in [0.25, 0.3) is 0 Å². The first-order valence-corrected chi connectivity index (χ1v) is 11.4. The molecule has 1 saturated heterocycles. The van der Waals surface area contributed by atoms with Crippen molar-refractivity contribution in [3.8, 4) is 0 Å². The van der Waals surface area contributed by atoms with Gasteiger partial charge in [-0.25, -0.2) is 0 Å². The monoisotopic (exact) mass is 429 g/mol. The molecule has 1 amide bonds. The van der Waals surface area contributed by atoms with Crippen LogP contribution in [0.15, 0.2) is 60.7 Å². The van der Waals surface area contributed by atoms with Crippen molar-refractivity contribution in [3.63, 3.8) is 0 Å². The second-order valence-electron chi connectivity index (χ2n) is 9.62. The van der Waals surface area contributed by atoms with Crippen molar-refractivity contribution in [1.29, 1.82) is 0 Å². The Morgan fingerprint density at radius 1 is 1.03 bits per heavy atom. The molecule has 0 spiro atoms. The number of anilines is 1. The Hall–Kier alpha value is -2.89. The molecule has 5 nitrogen and oxygen atoms in total. The van der Waals surface area contributed by atoms with E-state index in [1.807, 2.05) is 12.1 Å². The van der Waals surface area contributed by atoms with Crippen LogP contribution in [0.1, 0.15) is 34.3 Å². The van der Waals surface area contributed by atoms with Crippen molar-refractivity contribution in [2.75, 3.05) is 32.1 Å². The molecule has 1 aliphatic heterocycles. The summed E-state index contributed by atoms with van der Waals surface area (Å²) >= 11 is 0. The molecule has 166 valence electrons. The quantitative estimate of drug-likeness (QED) is 0.648. The van der Waals surface area contributed by atoms with Gasteiger partial charge in [0.1, 0.15) is 0 Å². The fourth-order valence-corrected chi connectivity index (χ4v) is 5.97. The number of piperidine rings is 1. The maximum absolute atomic E-state index is 11.8. The maximum atomic E-state index is 11.8. The molecular weight excluding hydrogens is 398 g/mol. The van der Waals surface area contributed by atoms with Gasteiger partial charge < -0.3 is 15.7 Å². The summed E-state index contributed by atoms with van der Waals surface area (Å²) in [5.74, 6) is -0.151. The zero-order valence-corrected chi connectivity index (χ0v) is 18.8. The van der Waals surface area contributed by atoms with Crippen molar-refractivity contribution in [3.05, 3.63) is 77.4 Å². The third-order valence-corrected chi connectivity index (χ3v) is 7.54. The van der Waals surface area contributed by atoms with Crippen molar-refractivity contribution < 1.29 is 9.90 Å². The third kappa shape index (κ3) is 3.37. The Morgan fingerprint density at radius 3 is 2.38 bits per heavy atom.